The monoisotopic (exact) mass is 314 g/mol. The van der Waals surface area contributed by atoms with Gasteiger partial charge in [0, 0.05) is 24.5 Å². The molecule has 1 saturated heterocycles. The lowest BCUT2D eigenvalue weighted by Gasteiger charge is -2.34. The molecule has 1 fully saturated rings. The van der Waals surface area contributed by atoms with Crippen molar-refractivity contribution in [3.05, 3.63) is 52.0 Å². The fourth-order valence-electron chi connectivity index (χ4n) is 3.15. The third-order valence-electron chi connectivity index (χ3n) is 4.27. The fraction of sp³-hybridized carbons (Fsp3) is 0.444. The molecule has 2 heterocycles. The Morgan fingerprint density at radius 1 is 1.41 bits per heavy atom. The molecule has 116 valence electrons. The summed E-state index contributed by atoms with van der Waals surface area (Å²) in [5.41, 5.74) is 2.50. The highest BCUT2D eigenvalue weighted by Crippen LogP contribution is 2.32. The van der Waals surface area contributed by atoms with Crippen molar-refractivity contribution < 1.29 is 4.79 Å². The third kappa shape index (κ3) is 3.55. The first kappa shape index (κ1) is 15.2. The van der Waals surface area contributed by atoms with Crippen LogP contribution in [0.4, 0.5) is 0 Å². The molecule has 4 heteroatoms. The van der Waals surface area contributed by atoms with Gasteiger partial charge in [0.2, 0.25) is 5.91 Å². The summed E-state index contributed by atoms with van der Waals surface area (Å²) in [5, 5.41) is 3.09. The number of benzene rings is 1. The van der Waals surface area contributed by atoms with E-state index < -0.39 is 0 Å². The van der Waals surface area contributed by atoms with E-state index in [0.717, 1.165) is 30.8 Å². The van der Waals surface area contributed by atoms with Crippen LogP contribution in [0.5, 0.6) is 0 Å². The molecule has 3 nitrogen and oxygen atoms in total. The Bertz CT molecular complexity index is 624. The van der Waals surface area contributed by atoms with Crippen LogP contribution in [0.15, 0.2) is 35.8 Å². The molecule has 0 unspecified atom stereocenters. The van der Waals surface area contributed by atoms with Crippen LogP contribution in [-0.4, -0.2) is 22.3 Å². The number of carbonyl (C=O) groups is 1. The molecule has 0 spiro atoms. The quantitative estimate of drug-likeness (QED) is 0.850. The predicted molar refractivity (Wildman–Crippen MR) is 89.9 cm³/mol. The summed E-state index contributed by atoms with van der Waals surface area (Å²) in [6.45, 7) is 2.96. The minimum Gasteiger partial charge on any atom is -0.333 e. The SMILES string of the molecule is Cc1cccc(CCC(=O)N2CCCC[C@@H]2c2nccs2)c1. The first-order valence-electron chi connectivity index (χ1n) is 7.98. The van der Waals surface area contributed by atoms with Gasteiger partial charge in [-0.3, -0.25) is 4.79 Å². The summed E-state index contributed by atoms with van der Waals surface area (Å²) < 4.78 is 0. The molecule has 1 amide bonds. The van der Waals surface area contributed by atoms with E-state index >= 15 is 0 Å². The molecule has 1 aromatic heterocycles. The molecular formula is C18H22N2OS. The topological polar surface area (TPSA) is 33.2 Å². The second-order valence-corrected chi connectivity index (χ2v) is 6.88. The number of carbonyl (C=O) groups excluding carboxylic acids is 1. The summed E-state index contributed by atoms with van der Waals surface area (Å²) >= 11 is 1.66. The minimum absolute atomic E-state index is 0.193. The number of likely N-dealkylation sites (tertiary alicyclic amines) is 1. The zero-order valence-electron chi connectivity index (χ0n) is 13.0. The Morgan fingerprint density at radius 3 is 3.09 bits per heavy atom. The van der Waals surface area contributed by atoms with Gasteiger partial charge in [-0.2, -0.15) is 0 Å². The van der Waals surface area contributed by atoms with Gasteiger partial charge in [0.15, 0.2) is 0 Å². The van der Waals surface area contributed by atoms with Gasteiger partial charge >= 0.3 is 0 Å². The summed E-state index contributed by atoms with van der Waals surface area (Å²) in [7, 11) is 0. The lowest BCUT2D eigenvalue weighted by atomic mass is 10.0. The van der Waals surface area contributed by atoms with Gasteiger partial charge in [-0.05, 0) is 38.2 Å². The second kappa shape index (κ2) is 7.05. The van der Waals surface area contributed by atoms with E-state index in [-0.39, 0.29) is 11.9 Å². The fourth-order valence-corrected chi connectivity index (χ4v) is 3.93. The van der Waals surface area contributed by atoms with Crippen molar-refractivity contribution in [2.24, 2.45) is 0 Å². The van der Waals surface area contributed by atoms with Crippen molar-refractivity contribution in [3.8, 4) is 0 Å². The third-order valence-corrected chi connectivity index (χ3v) is 5.15. The molecule has 1 atom stereocenters. The number of aryl methyl sites for hydroxylation is 2. The van der Waals surface area contributed by atoms with Crippen LogP contribution in [0.25, 0.3) is 0 Å². The summed E-state index contributed by atoms with van der Waals surface area (Å²) in [4.78, 5) is 19.1. The first-order valence-corrected chi connectivity index (χ1v) is 8.86. The van der Waals surface area contributed by atoms with Crippen molar-refractivity contribution in [2.75, 3.05) is 6.54 Å². The van der Waals surface area contributed by atoms with Crippen LogP contribution in [0.2, 0.25) is 0 Å². The van der Waals surface area contributed by atoms with Gasteiger partial charge in [-0.15, -0.1) is 11.3 Å². The molecular weight excluding hydrogens is 292 g/mol. The van der Waals surface area contributed by atoms with E-state index in [9.17, 15) is 4.79 Å². The average Bonchev–Trinajstić information content (AvgIpc) is 3.07. The minimum atomic E-state index is 0.193. The Morgan fingerprint density at radius 2 is 2.32 bits per heavy atom. The van der Waals surface area contributed by atoms with E-state index in [1.54, 1.807) is 11.3 Å². The number of piperidine rings is 1. The highest BCUT2D eigenvalue weighted by Gasteiger charge is 2.29. The highest BCUT2D eigenvalue weighted by atomic mass is 32.1. The zero-order chi connectivity index (χ0) is 15.4. The van der Waals surface area contributed by atoms with Crippen molar-refractivity contribution in [3.63, 3.8) is 0 Å². The first-order chi connectivity index (χ1) is 10.7. The lowest BCUT2D eigenvalue weighted by molar-refractivity contribution is -0.135. The van der Waals surface area contributed by atoms with Crippen LogP contribution in [-0.2, 0) is 11.2 Å². The van der Waals surface area contributed by atoms with Crippen LogP contribution >= 0.6 is 11.3 Å². The Labute approximate surface area is 136 Å². The molecule has 0 saturated carbocycles. The van der Waals surface area contributed by atoms with E-state index in [1.165, 1.54) is 17.5 Å². The highest BCUT2D eigenvalue weighted by molar-refractivity contribution is 7.09. The van der Waals surface area contributed by atoms with Crippen LogP contribution < -0.4 is 0 Å². The zero-order valence-corrected chi connectivity index (χ0v) is 13.8. The predicted octanol–water partition coefficient (Wildman–Crippen LogP) is 4.14. The van der Waals surface area contributed by atoms with Gasteiger partial charge in [0.1, 0.15) is 5.01 Å². The Hall–Kier alpha value is -1.68. The van der Waals surface area contributed by atoms with Crippen molar-refractivity contribution >= 4 is 17.2 Å². The second-order valence-electron chi connectivity index (χ2n) is 5.96. The van der Waals surface area contributed by atoms with E-state index in [0.29, 0.717) is 6.42 Å². The molecule has 22 heavy (non-hydrogen) atoms. The van der Waals surface area contributed by atoms with Crippen LogP contribution in [0, 0.1) is 6.92 Å². The standard InChI is InChI=1S/C18H22N2OS/c1-14-5-4-6-15(13-14)8-9-17(21)20-11-3-2-7-16(20)18-19-10-12-22-18/h4-6,10,12-13,16H,2-3,7-9,11H2,1H3/t16-/m1/s1. The number of amides is 1. The number of aromatic nitrogens is 1. The van der Waals surface area contributed by atoms with Gasteiger partial charge in [-0.25, -0.2) is 4.98 Å². The molecule has 0 N–H and O–H groups in total. The van der Waals surface area contributed by atoms with E-state index in [4.69, 9.17) is 0 Å². The maximum atomic E-state index is 12.7. The van der Waals surface area contributed by atoms with Crippen LogP contribution in [0.1, 0.15) is 47.9 Å². The van der Waals surface area contributed by atoms with Gasteiger partial charge in [0.25, 0.3) is 0 Å². The van der Waals surface area contributed by atoms with Gasteiger partial charge in [0.05, 0.1) is 6.04 Å². The summed E-state index contributed by atoms with van der Waals surface area (Å²) in [6.07, 6.45) is 6.59. The Balaban J connectivity index is 1.65. The largest absolute Gasteiger partial charge is 0.333 e. The van der Waals surface area contributed by atoms with E-state index in [2.05, 4.69) is 41.1 Å². The number of rotatable bonds is 4. The van der Waals surface area contributed by atoms with Crippen molar-refractivity contribution in [1.29, 1.82) is 0 Å². The molecule has 0 radical (unpaired) electrons. The Kier molecular flexibility index (Phi) is 4.88. The lowest BCUT2D eigenvalue weighted by Crippen LogP contribution is -2.38. The average molecular weight is 314 g/mol. The number of thiazole rings is 1. The molecule has 2 aromatic rings. The number of nitrogens with zero attached hydrogens (tertiary/aromatic N) is 2. The van der Waals surface area contributed by atoms with Crippen molar-refractivity contribution in [2.45, 2.75) is 45.1 Å². The molecule has 0 bridgehead atoms. The normalized spacial score (nSPS) is 18.4. The van der Waals surface area contributed by atoms with Crippen molar-refractivity contribution in [1.82, 2.24) is 9.88 Å². The molecule has 1 aliphatic heterocycles. The molecule has 1 aromatic carbocycles. The molecule has 1 aliphatic rings. The van der Waals surface area contributed by atoms with Gasteiger partial charge in [-0.1, -0.05) is 29.8 Å². The molecule has 3 rings (SSSR count). The smallest absolute Gasteiger partial charge is 0.223 e. The number of hydrogen-bond donors (Lipinski definition) is 0. The number of hydrogen-bond acceptors (Lipinski definition) is 3. The van der Waals surface area contributed by atoms with Crippen LogP contribution in [0.3, 0.4) is 0 Å². The molecule has 0 aliphatic carbocycles. The van der Waals surface area contributed by atoms with E-state index in [1.807, 2.05) is 11.6 Å². The maximum absolute atomic E-state index is 12.7. The van der Waals surface area contributed by atoms with Gasteiger partial charge < -0.3 is 4.90 Å². The summed E-state index contributed by atoms with van der Waals surface area (Å²) in [6, 6.07) is 8.62. The summed E-state index contributed by atoms with van der Waals surface area (Å²) in [5.74, 6) is 0.265. The maximum Gasteiger partial charge on any atom is 0.223 e.